The van der Waals surface area contributed by atoms with Crippen molar-refractivity contribution in [3.63, 3.8) is 0 Å². The lowest BCUT2D eigenvalue weighted by atomic mass is 10.0. The topological polar surface area (TPSA) is 134 Å². The fourth-order valence-corrected chi connectivity index (χ4v) is 9.74. The minimum absolute atomic E-state index is 0.0453. The smallest absolute Gasteiger partial charge is 0.462 e. The van der Waals surface area contributed by atoms with E-state index in [1.54, 1.807) is 0 Å². The van der Waals surface area contributed by atoms with Crippen LogP contribution in [0.3, 0.4) is 0 Å². The van der Waals surface area contributed by atoms with Gasteiger partial charge in [-0.05, 0) is 122 Å². The monoisotopic (exact) mass is 1200 g/mol. The molecule has 2 unspecified atom stereocenters. The van der Waals surface area contributed by atoms with Crippen LogP contribution in [0, 0.1) is 0 Å². The van der Waals surface area contributed by atoms with Crippen molar-refractivity contribution in [2.75, 3.05) is 26.4 Å². The van der Waals surface area contributed by atoms with Gasteiger partial charge in [-0.2, -0.15) is 0 Å². The molecule has 0 amide bonds. The van der Waals surface area contributed by atoms with Gasteiger partial charge in [0, 0.05) is 19.4 Å². The first-order valence-corrected chi connectivity index (χ1v) is 35.5. The van der Waals surface area contributed by atoms with Gasteiger partial charge in [0.05, 0.1) is 13.2 Å². The number of rotatable bonds is 62. The van der Waals surface area contributed by atoms with Gasteiger partial charge in [0.2, 0.25) is 0 Å². The van der Waals surface area contributed by atoms with Crippen LogP contribution >= 0.6 is 7.82 Å². The average molecular weight is 1200 g/mol. The highest BCUT2D eigenvalue weighted by Gasteiger charge is 2.26. The zero-order valence-corrected chi connectivity index (χ0v) is 54.9. The summed E-state index contributed by atoms with van der Waals surface area (Å²) in [4.78, 5) is 35.3. The van der Waals surface area contributed by atoms with Crippen LogP contribution < -0.4 is 5.73 Å². The first kappa shape index (κ1) is 80.6. The van der Waals surface area contributed by atoms with Gasteiger partial charge >= 0.3 is 19.8 Å². The van der Waals surface area contributed by atoms with Gasteiger partial charge in [-0.15, -0.1) is 0 Å². The highest BCUT2D eigenvalue weighted by Crippen LogP contribution is 2.43. The first-order valence-electron chi connectivity index (χ1n) is 34.0. The third-order valence-corrected chi connectivity index (χ3v) is 14.9. The van der Waals surface area contributed by atoms with Crippen molar-refractivity contribution in [1.29, 1.82) is 0 Å². The Balaban J connectivity index is 3.94. The number of carbonyl (C=O) groups excluding carboxylic acids is 2. The molecule has 482 valence electrons. The maximum absolute atomic E-state index is 12.8. The number of nitrogens with two attached hydrogens (primary N) is 1. The summed E-state index contributed by atoms with van der Waals surface area (Å²) in [5, 5.41) is 0. The molecule has 0 aromatic heterocycles. The number of hydrogen-bond acceptors (Lipinski definition) is 8. The molecule has 0 spiro atoms. The van der Waals surface area contributed by atoms with Gasteiger partial charge in [0.15, 0.2) is 6.10 Å². The Labute approximate surface area is 521 Å². The number of esters is 2. The zero-order valence-electron chi connectivity index (χ0n) is 54.0. The summed E-state index contributed by atoms with van der Waals surface area (Å²) in [5.41, 5.74) is 5.40. The largest absolute Gasteiger partial charge is 0.472 e. The number of phosphoric acid groups is 1. The molecule has 0 saturated heterocycles. The van der Waals surface area contributed by atoms with Crippen molar-refractivity contribution >= 4 is 19.8 Å². The highest BCUT2D eigenvalue weighted by atomic mass is 31.2. The van der Waals surface area contributed by atoms with Gasteiger partial charge < -0.3 is 20.1 Å². The number of carbonyl (C=O) groups is 2. The molecule has 0 saturated carbocycles. The van der Waals surface area contributed by atoms with Crippen molar-refractivity contribution in [2.24, 2.45) is 5.73 Å². The second kappa shape index (κ2) is 68.7. The van der Waals surface area contributed by atoms with Crippen molar-refractivity contribution in [2.45, 2.75) is 277 Å². The van der Waals surface area contributed by atoms with Crippen LogP contribution in [0.5, 0.6) is 0 Å². The van der Waals surface area contributed by atoms with E-state index >= 15 is 0 Å². The highest BCUT2D eigenvalue weighted by molar-refractivity contribution is 7.47. The number of hydrogen-bond donors (Lipinski definition) is 2. The third kappa shape index (κ3) is 68.6. The van der Waals surface area contributed by atoms with Gasteiger partial charge in [-0.25, -0.2) is 4.57 Å². The zero-order chi connectivity index (χ0) is 61.6. The number of ether oxygens (including phenoxy) is 2. The van der Waals surface area contributed by atoms with E-state index in [0.717, 1.165) is 135 Å². The van der Waals surface area contributed by atoms with Crippen LogP contribution in [0.4, 0.5) is 0 Å². The van der Waals surface area contributed by atoms with Gasteiger partial charge in [0.1, 0.15) is 6.61 Å². The molecule has 0 radical (unpaired) electrons. The van der Waals surface area contributed by atoms with Crippen molar-refractivity contribution < 1.29 is 37.6 Å². The molecular weight excluding hydrogens is 1070 g/mol. The molecule has 0 bridgehead atoms. The molecule has 0 rings (SSSR count). The Morgan fingerprint density at radius 1 is 0.353 bits per heavy atom. The third-order valence-electron chi connectivity index (χ3n) is 13.9. The molecule has 0 heterocycles. The molecule has 0 aliphatic rings. The van der Waals surface area contributed by atoms with Crippen LogP contribution in [-0.2, 0) is 32.7 Å². The SMILES string of the molecule is CC/C=C\C/C=C\C/C=C\C/C=C\C/C=C\C/C=C\C/C=C\CCCCCCCCCCCCCCCCCC(=O)OC(COC(=O)CCCCCCCCCC/C=C\C/C=C\C/C=C\C/C=C\C/C=C\C/C=C\CC)COP(=O)(O)OCCN. The Morgan fingerprint density at radius 3 is 0.906 bits per heavy atom. The average Bonchev–Trinajstić information content (AvgIpc) is 3.52. The maximum atomic E-state index is 12.8. The molecule has 0 aliphatic carbocycles. The normalized spacial score (nSPS) is 14.0. The number of phosphoric ester groups is 1. The molecule has 0 aromatic rings. The number of allylic oxidation sites excluding steroid dienone is 26. The Bertz CT molecular complexity index is 1950. The maximum Gasteiger partial charge on any atom is 0.472 e. The predicted molar refractivity (Wildman–Crippen MR) is 366 cm³/mol. The quantitative estimate of drug-likeness (QED) is 0.0264. The summed E-state index contributed by atoms with van der Waals surface area (Å²) in [6, 6.07) is 0. The molecular formula is C75H124NO8P. The summed E-state index contributed by atoms with van der Waals surface area (Å²) in [7, 11) is -4.40. The summed E-state index contributed by atoms with van der Waals surface area (Å²) in [6.07, 6.45) is 100. The second-order valence-electron chi connectivity index (χ2n) is 21.9. The van der Waals surface area contributed by atoms with Crippen molar-refractivity contribution in [1.82, 2.24) is 0 Å². The van der Waals surface area contributed by atoms with E-state index in [4.69, 9.17) is 24.3 Å². The lowest BCUT2D eigenvalue weighted by molar-refractivity contribution is -0.161. The molecule has 85 heavy (non-hydrogen) atoms. The summed E-state index contributed by atoms with van der Waals surface area (Å²) in [5.74, 6) is -0.842. The van der Waals surface area contributed by atoms with Gasteiger partial charge in [-0.3, -0.25) is 18.6 Å². The summed E-state index contributed by atoms with van der Waals surface area (Å²) >= 11 is 0. The van der Waals surface area contributed by atoms with Crippen LogP contribution in [0.1, 0.15) is 271 Å². The van der Waals surface area contributed by atoms with E-state index in [1.807, 2.05) is 0 Å². The van der Waals surface area contributed by atoms with Gasteiger partial charge in [-0.1, -0.05) is 294 Å². The molecule has 9 nitrogen and oxygen atoms in total. The molecule has 2 atom stereocenters. The lowest BCUT2D eigenvalue weighted by Crippen LogP contribution is -2.29. The van der Waals surface area contributed by atoms with E-state index < -0.39 is 32.5 Å². The molecule has 3 N–H and O–H groups in total. The molecule has 10 heteroatoms. The van der Waals surface area contributed by atoms with Crippen LogP contribution in [-0.4, -0.2) is 49.3 Å². The standard InChI is InChI=1S/C75H124NO8P/c1-3-5-7-9-11-13-15-17-19-21-23-25-27-29-31-32-33-34-35-36-37-38-39-40-42-44-46-48-50-52-54-56-58-60-62-64-66-68-75(78)84-73(72-83-85(79,80)82-70-69-76)71-81-74(77)67-65-63-61-59-57-55-53-51-49-47-45-43-41-30-28-26-24-22-20-18-16-14-12-10-8-6-4-2/h5-8,11-14,17-20,23-26,29-31,33-34,36-37,41,45,47,73H,3-4,9-10,15-16,21-22,27-28,32,35,38-40,42-44,46,48-72,76H2,1-2H3,(H,79,80)/b7-5-,8-6-,13-11-,14-12-,19-17-,20-18-,25-23-,26-24-,31-29-,34-33-,37-36-,41-30-,47-45-. The minimum Gasteiger partial charge on any atom is -0.462 e. The molecule has 0 aliphatic heterocycles. The Kier molecular flexibility index (Phi) is 65.2. The van der Waals surface area contributed by atoms with Crippen LogP contribution in [0.25, 0.3) is 0 Å². The van der Waals surface area contributed by atoms with Gasteiger partial charge in [0.25, 0.3) is 0 Å². The summed E-state index contributed by atoms with van der Waals surface area (Å²) in [6.45, 7) is 3.51. The Morgan fingerprint density at radius 2 is 0.612 bits per heavy atom. The second-order valence-corrected chi connectivity index (χ2v) is 23.4. The predicted octanol–water partition coefficient (Wildman–Crippen LogP) is 22.4. The summed E-state index contributed by atoms with van der Waals surface area (Å²) < 4.78 is 33.2. The van der Waals surface area contributed by atoms with Crippen molar-refractivity contribution in [3.8, 4) is 0 Å². The fourth-order valence-electron chi connectivity index (χ4n) is 8.97. The Hall–Kier alpha value is -4.37. The van der Waals surface area contributed by atoms with Crippen LogP contribution in [0.2, 0.25) is 0 Å². The van der Waals surface area contributed by atoms with Crippen LogP contribution in [0.15, 0.2) is 158 Å². The molecule has 0 fully saturated rings. The van der Waals surface area contributed by atoms with E-state index in [2.05, 4.69) is 172 Å². The van der Waals surface area contributed by atoms with Crippen molar-refractivity contribution in [3.05, 3.63) is 158 Å². The van der Waals surface area contributed by atoms with E-state index in [9.17, 15) is 19.0 Å². The molecule has 0 aromatic carbocycles. The number of unbranched alkanes of at least 4 members (excludes halogenated alkanes) is 23. The fraction of sp³-hybridized carbons (Fsp3) is 0.627. The van der Waals surface area contributed by atoms with E-state index in [1.165, 1.54) is 103 Å². The first-order chi connectivity index (χ1) is 41.8. The van der Waals surface area contributed by atoms with E-state index in [-0.39, 0.29) is 32.6 Å². The van der Waals surface area contributed by atoms with E-state index in [0.29, 0.717) is 6.42 Å². The lowest BCUT2D eigenvalue weighted by Gasteiger charge is -2.19. The minimum atomic E-state index is -4.40.